The van der Waals surface area contributed by atoms with Gasteiger partial charge in [-0.1, -0.05) is 32.1 Å². The Bertz CT molecular complexity index is 238. The summed E-state index contributed by atoms with van der Waals surface area (Å²) in [5, 5.41) is 3.32. The van der Waals surface area contributed by atoms with Crippen molar-refractivity contribution in [3.05, 3.63) is 35.6 Å². The zero-order chi connectivity index (χ0) is 10.9. The second kappa shape index (κ2) is 7.30. The molecular formula is C13H21NO. The van der Waals surface area contributed by atoms with Crippen molar-refractivity contribution in [1.29, 1.82) is 0 Å². The maximum absolute atomic E-state index is 5.65. The molecule has 1 aliphatic carbocycles. The van der Waals surface area contributed by atoms with Crippen LogP contribution in [0.2, 0.25) is 0 Å². The molecule has 1 N–H and O–H groups in total. The van der Waals surface area contributed by atoms with Gasteiger partial charge in [-0.25, -0.2) is 0 Å². The van der Waals surface area contributed by atoms with Crippen LogP contribution < -0.4 is 5.32 Å². The van der Waals surface area contributed by atoms with Gasteiger partial charge in [0.05, 0.1) is 0 Å². The van der Waals surface area contributed by atoms with Gasteiger partial charge in [-0.2, -0.15) is 0 Å². The number of allylic oxidation sites excluding steroid dienone is 4. The van der Waals surface area contributed by atoms with Crippen molar-refractivity contribution in [2.24, 2.45) is 0 Å². The molecule has 84 valence electrons. The molecule has 0 aromatic carbocycles. The zero-order valence-corrected chi connectivity index (χ0v) is 9.75. The summed E-state index contributed by atoms with van der Waals surface area (Å²) < 4.78 is 5.65. The summed E-state index contributed by atoms with van der Waals surface area (Å²) in [5.41, 5.74) is 1.32. The van der Waals surface area contributed by atoms with Crippen LogP contribution in [0.1, 0.15) is 26.7 Å². The summed E-state index contributed by atoms with van der Waals surface area (Å²) in [6, 6.07) is 0. The minimum absolute atomic E-state index is 0.775. The number of ether oxygens (including phenoxy) is 1. The molecule has 2 rings (SSSR count). The smallest absolute Gasteiger partial charge is 0.122 e. The quantitative estimate of drug-likeness (QED) is 0.659. The highest BCUT2D eigenvalue weighted by molar-refractivity contribution is 5.32. The average molecular weight is 207 g/mol. The van der Waals surface area contributed by atoms with Crippen molar-refractivity contribution in [2.75, 3.05) is 19.7 Å². The number of nitrogens with one attached hydrogen (secondary N) is 1. The summed E-state index contributed by atoms with van der Waals surface area (Å²) in [4.78, 5) is 0. The number of rotatable bonds is 0. The Balaban J connectivity index is 0.000000531. The molecule has 2 aliphatic rings. The van der Waals surface area contributed by atoms with Crippen LogP contribution in [-0.4, -0.2) is 19.7 Å². The molecule has 1 aliphatic heterocycles. The van der Waals surface area contributed by atoms with E-state index in [2.05, 4.69) is 29.6 Å². The van der Waals surface area contributed by atoms with E-state index >= 15 is 0 Å². The second-order valence-corrected chi connectivity index (χ2v) is 3.28. The van der Waals surface area contributed by atoms with Gasteiger partial charge in [0.25, 0.3) is 0 Å². The largest absolute Gasteiger partial charge is 0.492 e. The van der Waals surface area contributed by atoms with Crippen molar-refractivity contribution in [3.8, 4) is 0 Å². The molecule has 2 heteroatoms. The van der Waals surface area contributed by atoms with Crippen LogP contribution in [0.5, 0.6) is 0 Å². The normalized spacial score (nSPS) is 20.1. The Kier molecular flexibility index (Phi) is 5.86. The molecule has 0 atom stereocenters. The minimum Gasteiger partial charge on any atom is -0.492 e. The third-order valence-electron chi connectivity index (χ3n) is 2.28. The average Bonchev–Trinajstić information content (AvgIpc) is 2.46. The summed E-state index contributed by atoms with van der Waals surface area (Å²) in [7, 11) is 0. The van der Waals surface area contributed by atoms with Gasteiger partial charge in [-0.05, 0) is 31.0 Å². The van der Waals surface area contributed by atoms with Crippen LogP contribution in [0.25, 0.3) is 0 Å². The standard InChI is InChI=1S/C11H15NO.C2H6/c1-2-4-10-6-7-12-8-9-13-11(10)5-3-1;1-2/h2-5,12H,1,6-9H2;1-2H3. The van der Waals surface area contributed by atoms with Gasteiger partial charge in [-0.15, -0.1) is 0 Å². The minimum atomic E-state index is 0.775. The lowest BCUT2D eigenvalue weighted by Gasteiger charge is -2.15. The fourth-order valence-electron chi connectivity index (χ4n) is 1.58. The molecular weight excluding hydrogens is 186 g/mol. The summed E-state index contributed by atoms with van der Waals surface area (Å²) >= 11 is 0. The number of hydrogen-bond donors (Lipinski definition) is 1. The molecule has 0 fully saturated rings. The molecule has 0 aromatic rings. The monoisotopic (exact) mass is 207 g/mol. The second-order valence-electron chi connectivity index (χ2n) is 3.28. The Hall–Kier alpha value is -1.02. The molecule has 0 radical (unpaired) electrons. The lowest BCUT2D eigenvalue weighted by molar-refractivity contribution is 0.216. The fourth-order valence-corrected chi connectivity index (χ4v) is 1.58. The Morgan fingerprint density at radius 2 is 1.93 bits per heavy atom. The van der Waals surface area contributed by atoms with Gasteiger partial charge in [0.15, 0.2) is 0 Å². The lowest BCUT2D eigenvalue weighted by atomic mass is 10.1. The van der Waals surface area contributed by atoms with Gasteiger partial charge in [0.2, 0.25) is 0 Å². The lowest BCUT2D eigenvalue weighted by Crippen LogP contribution is -2.23. The zero-order valence-electron chi connectivity index (χ0n) is 9.75. The van der Waals surface area contributed by atoms with E-state index in [9.17, 15) is 0 Å². The predicted molar refractivity (Wildman–Crippen MR) is 64.7 cm³/mol. The topological polar surface area (TPSA) is 21.3 Å². The van der Waals surface area contributed by atoms with E-state index in [-0.39, 0.29) is 0 Å². The Morgan fingerprint density at radius 3 is 2.80 bits per heavy atom. The molecule has 2 nitrogen and oxygen atoms in total. The third-order valence-corrected chi connectivity index (χ3v) is 2.28. The van der Waals surface area contributed by atoms with E-state index in [0.717, 1.165) is 38.3 Å². The van der Waals surface area contributed by atoms with Crippen LogP contribution in [0.15, 0.2) is 35.6 Å². The van der Waals surface area contributed by atoms with Gasteiger partial charge >= 0.3 is 0 Å². The van der Waals surface area contributed by atoms with Gasteiger partial charge in [0.1, 0.15) is 12.4 Å². The first-order valence-electron chi connectivity index (χ1n) is 5.86. The van der Waals surface area contributed by atoms with E-state index < -0.39 is 0 Å². The first-order chi connectivity index (χ1) is 7.47. The molecule has 1 heterocycles. The molecule has 0 spiro atoms. The predicted octanol–water partition coefficient (Wildman–Crippen LogP) is 2.79. The van der Waals surface area contributed by atoms with E-state index in [0.29, 0.717) is 0 Å². The SMILES string of the molecule is C1=CC2=C(C=CC1)OCCNCC2.CC. The maximum Gasteiger partial charge on any atom is 0.122 e. The molecule has 0 saturated heterocycles. The van der Waals surface area contributed by atoms with E-state index in [1.807, 2.05) is 13.8 Å². The van der Waals surface area contributed by atoms with Crippen LogP contribution >= 0.6 is 0 Å². The van der Waals surface area contributed by atoms with E-state index in [4.69, 9.17) is 4.74 Å². The highest BCUT2D eigenvalue weighted by Gasteiger charge is 2.07. The van der Waals surface area contributed by atoms with Crippen LogP contribution in [0, 0.1) is 0 Å². The van der Waals surface area contributed by atoms with Gasteiger partial charge < -0.3 is 10.1 Å². The molecule has 15 heavy (non-hydrogen) atoms. The Morgan fingerprint density at radius 1 is 1.13 bits per heavy atom. The van der Waals surface area contributed by atoms with Crippen molar-refractivity contribution in [3.63, 3.8) is 0 Å². The highest BCUT2D eigenvalue weighted by Crippen LogP contribution is 2.17. The molecule has 0 saturated carbocycles. The van der Waals surface area contributed by atoms with Crippen LogP contribution in [0.4, 0.5) is 0 Å². The van der Waals surface area contributed by atoms with Crippen LogP contribution in [0.3, 0.4) is 0 Å². The summed E-state index contributed by atoms with van der Waals surface area (Å²) in [5.74, 6) is 1.07. The first-order valence-corrected chi connectivity index (χ1v) is 5.86. The molecule has 0 amide bonds. The van der Waals surface area contributed by atoms with Crippen LogP contribution in [-0.2, 0) is 4.74 Å². The van der Waals surface area contributed by atoms with Crippen molar-refractivity contribution < 1.29 is 4.74 Å². The molecule has 0 unspecified atom stereocenters. The summed E-state index contributed by atoms with van der Waals surface area (Å²) in [6.07, 6.45) is 10.7. The Labute approximate surface area is 92.7 Å². The van der Waals surface area contributed by atoms with Gasteiger partial charge in [-0.3, -0.25) is 0 Å². The highest BCUT2D eigenvalue weighted by atomic mass is 16.5. The van der Waals surface area contributed by atoms with Gasteiger partial charge in [0, 0.05) is 6.54 Å². The fraction of sp³-hybridized carbons (Fsp3) is 0.538. The first kappa shape index (κ1) is 12.1. The van der Waals surface area contributed by atoms with Crippen molar-refractivity contribution >= 4 is 0 Å². The van der Waals surface area contributed by atoms with Crippen molar-refractivity contribution in [1.82, 2.24) is 5.32 Å². The third kappa shape index (κ3) is 3.92. The van der Waals surface area contributed by atoms with E-state index in [1.165, 1.54) is 5.57 Å². The number of hydrogen-bond acceptors (Lipinski definition) is 2. The van der Waals surface area contributed by atoms with E-state index in [1.54, 1.807) is 0 Å². The molecule has 0 aromatic heterocycles. The van der Waals surface area contributed by atoms with Crippen molar-refractivity contribution in [2.45, 2.75) is 26.7 Å². The molecule has 0 bridgehead atoms. The maximum atomic E-state index is 5.65. The summed E-state index contributed by atoms with van der Waals surface area (Å²) in [6.45, 7) is 6.78.